The molecular formula is C16H21FN2O4S. The van der Waals surface area contributed by atoms with Crippen LogP contribution in [0.4, 0.5) is 4.39 Å². The molecular weight excluding hydrogens is 335 g/mol. The Morgan fingerprint density at radius 3 is 2.50 bits per heavy atom. The van der Waals surface area contributed by atoms with E-state index in [4.69, 9.17) is 0 Å². The molecule has 1 aliphatic heterocycles. The average molecular weight is 356 g/mol. The Bertz CT molecular complexity index is 703. The molecule has 0 radical (unpaired) electrons. The van der Waals surface area contributed by atoms with Crippen molar-refractivity contribution in [3.8, 4) is 0 Å². The van der Waals surface area contributed by atoms with Crippen LogP contribution in [0.2, 0.25) is 0 Å². The predicted octanol–water partition coefficient (Wildman–Crippen LogP) is 0.520. The molecule has 6 nitrogen and oxygen atoms in total. The van der Waals surface area contributed by atoms with Gasteiger partial charge in [0.15, 0.2) is 9.84 Å². The van der Waals surface area contributed by atoms with Crippen molar-refractivity contribution in [1.29, 1.82) is 0 Å². The van der Waals surface area contributed by atoms with Crippen molar-refractivity contribution in [3.05, 3.63) is 35.6 Å². The highest BCUT2D eigenvalue weighted by Crippen LogP contribution is 2.17. The molecule has 24 heavy (non-hydrogen) atoms. The summed E-state index contributed by atoms with van der Waals surface area (Å²) in [6, 6.07) is 5.47. The molecule has 1 N–H and O–H groups in total. The molecule has 132 valence electrons. The Balaban J connectivity index is 1.86. The molecule has 0 bridgehead atoms. The van der Waals surface area contributed by atoms with Crippen molar-refractivity contribution in [2.45, 2.75) is 25.8 Å². The largest absolute Gasteiger partial charge is 0.347 e. The van der Waals surface area contributed by atoms with Crippen LogP contribution >= 0.6 is 0 Å². The van der Waals surface area contributed by atoms with Crippen molar-refractivity contribution in [1.82, 2.24) is 10.2 Å². The molecule has 0 aliphatic carbocycles. The third-order valence-corrected chi connectivity index (χ3v) is 5.81. The van der Waals surface area contributed by atoms with Gasteiger partial charge in [-0.25, -0.2) is 12.8 Å². The molecule has 1 heterocycles. The van der Waals surface area contributed by atoms with Gasteiger partial charge in [0.05, 0.1) is 11.5 Å². The maximum atomic E-state index is 12.8. The van der Waals surface area contributed by atoms with E-state index in [2.05, 4.69) is 5.32 Å². The Kier molecular flexibility index (Phi) is 5.93. The lowest BCUT2D eigenvalue weighted by atomic mass is 10.1. The van der Waals surface area contributed by atoms with E-state index in [0.29, 0.717) is 12.8 Å². The second-order valence-electron chi connectivity index (χ2n) is 5.78. The van der Waals surface area contributed by atoms with Gasteiger partial charge in [-0.15, -0.1) is 0 Å². The topological polar surface area (TPSA) is 83.6 Å². The molecule has 1 aromatic rings. The van der Waals surface area contributed by atoms with Crippen LogP contribution in [0.1, 0.15) is 18.9 Å². The Hall–Kier alpha value is -1.96. The van der Waals surface area contributed by atoms with Crippen molar-refractivity contribution >= 4 is 21.7 Å². The second-order valence-corrected chi connectivity index (χ2v) is 8.01. The fraction of sp³-hybridized carbons (Fsp3) is 0.500. The molecule has 1 saturated heterocycles. The molecule has 2 amide bonds. The maximum Gasteiger partial charge on any atom is 0.312 e. The van der Waals surface area contributed by atoms with E-state index in [0.717, 1.165) is 5.56 Å². The third-order valence-electron chi connectivity index (χ3n) is 4.06. The summed E-state index contributed by atoms with van der Waals surface area (Å²) in [6.45, 7) is 2.25. The van der Waals surface area contributed by atoms with E-state index >= 15 is 0 Å². The maximum absolute atomic E-state index is 12.8. The Labute approximate surface area is 140 Å². The summed E-state index contributed by atoms with van der Waals surface area (Å²) in [5, 5.41) is 2.53. The Morgan fingerprint density at radius 2 is 1.96 bits per heavy atom. The minimum atomic E-state index is -3.12. The van der Waals surface area contributed by atoms with E-state index < -0.39 is 27.7 Å². The summed E-state index contributed by atoms with van der Waals surface area (Å²) in [5.41, 5.74) is 0.846. The minimum absolute atomic E-state index is 0.0492. The number of likely N-dealkylation sites (N-methyl/N-ethyl adjacent to an activating group) is 1. The van der Waals surface area contributed by atoms with Gasteiger partial charge in [0.25, 0.3) is 0 Å². The number of benzene rings is 1. The molecule has 1 aliphatic rings. The first kappa shape index (κ1) is 18.4. The summed E-state index contributed by atoms with van der Waals surface area (Å²) >= 11 is 0. The lowest BCUT2D eigenvalue weighted by molar-refractivity contribution is -0.146. The second kappa shape index (κ2) is 7.74. The molecule has 1 atom stereocenters. The van der Waals surface area contributed by atoms with Crippen LogP contribution in [0, 0.1) is 5.82 Å². The summed E-state index contributed by atoms with van der Waals surface area (Å²) in [4.78, 5) is 25.5. The van der Waals surface area contributed by atoms with Gasteiger partial charge in [-0.3, -0.25) is 9.59 Å². The number of carbonyl (C=O) groups is 2. The van der Waals surface area contributed by atoms with Crippen LogP contribution in [-0.2, 0) is 25.8 Å². The van der Waals surface area contributed by atoms with Gasteiger partial charge in [-0.2, -0.15) is 0 Å². The number of rotatable bonds is 5. The average Bonchev–Trinajstić information content (AvgIpc) is 2.89. The number of nitrogens with one attached hydrogen (secondary N) is 1. The number of sulfone groups is 1. The number of nitrogens with zero attached hydrogens (tertiary/aromatic N) is 1. The molecule has 2 rings (SSSR count). The number of hydrogen-bond donors (Lipinski definition) is 1. The quantitative estimate of drug-likeness (QED) is 0.780. The van der Waals surface area contributed by atoms with Crippen molar-refractivity contribution < 1.29 is 22.4 Å². The molecule has 0 aromatic heterocycles. The summed E-state index contributed by atoms with van der Waals surface area (Å²) in [6.07, 6.45) is 0.841. The minimum Gasteiger partial charge on any atom is -0.347 e. The van der Waals surface area contributed by atoms with Crippen LogP contribution in [0.3, 0.4) is 0 Å². The number of halogens is 1. The van der Waals surface area contributed by atoms with Gasteiger partial charge in [0.2, 0.25) is 0 Å². The van der Waals surface area contributed by atoms with Crippen LogP contribution in [0.15, 0.2) is 24.3 Å². The molecule has 8 heteroatoms. The van der Waals surface area contributed by atoms with E-state index in [1.807, 2.05) is 0 Å². The number of hydrogen-bond acceptors (Lipinski definition) is 4. The van der Waals surface area contributed by atoms with Gasteiger partial charge in [-0.1, -0.05) is 12.1 Å². The lowest BCUT2D eigenvalue weighted by Crippen LogP contribution is -2.48. The van der Waals surface area contributed by atoms with Gasteiger partial charge < -0.3 is 10.2 Å². The van der Waals surface area contributed by atoms with Crippen molar-refractivity contribution in [2.24, 2.45) is 0 Å². The summed E-state index contributed by atoms with van der Waals surface area (Å²) in [7, 11) is -3.12. The van der Waals surface area contributed by atoms with Crippen molar-refractivity contribution in [2.75, 3.05) is 24.6 Å². The molecule has 0 saturated carbocycles. The van der Waals surface area contributed by atoms with Gasteiger partial charge in [0.1, 0.15) is 5.82 Å². The smallest absolute Gasteiger partial charge is 0.312 e. The molecule has 0 spiro atoms. The monoisotopic (exact) mass is 356 g/mol. The van der Waals surface area contributed by atoms with E-state index in [1.165, 1.54) is 17.0 Å². The zero-order valence-corrected chi connectivity index (χ0v) is 14.3. The van der Waals surface area contributed by atoms with Gasteiger partial charge in [0, 0.05) is 19.1 Å². The first-order chi connectivity index (χ1) is 11.3. The third kappa shape index (κ3) is 4.77. The fourth-order valence-electron chi connectivity index (χ4n) is 2.77. The first-order valence-electron chi connectivity index (χ1n) is 7.86. The van der Waals surface area contributed by atoms with E-state index in [9.17, 15) is 22.4 Å². The zero-order chi connectivity index (χ0) is 17.7. The van der Waals surface area contributed by atoms with Crippen molar-refractivity contribution in [3.63, 3.8) is 0 Å². The van der Waals surface area contributed by atoms with Crippen LogP contribution in [0.5, 0.6) is 0 Å². The summed E-state index contributed by atoms with van der Waals surface area (Å²) < 4.78 is 35.9. The van der Waals surface area contributed by atoms with Gasteiger partial charge in [-0.05, 0) is 37.5 Å². The first-order valence-corrected chi connectivity index (χ1v) is 9.68. The molecule has 1 aromatic carbocycles. The highest BCUT2D eigenvalue weighted by molar-refractivity contribution is 7.91. The molecule has 1 fully saturated rings. The van der Waals surface area contributed by atoms with Crippen LogP contribution < -0.4 is 5.32 Å². The lowest BCUT2D eigenvalue weighted by Gasteiger charge is -2.26. The SMILES string of the molecule is CCN(C(=O)C(=O)NCCc1ccc(F)cc1)C1CCS(=O)(=O)C1. The molecule has 1 unspecified atom stereocenters. The van der Waals surface area contributed by atoms with E-state index in [-0.39, 0.29) is 30.4 Å². The standard InChI is InChI=1S/C16H21FN2O4S/c1-2-19(14-8-10-24(22,23)11-14)16(21)15(20)18-9-7-12-3-5-13(17)6-4-12/h3-6,14H,2,7-11H2,1H3,(H,18,20). The number of amides is 2. The highest BCUT2D eigenvalue weighted by Gasteiger charge is 2.35. The summed E-state index contributed by atoms with van der Waals surface area (Å²) in [5.74, 6) is -1.83. The highest BCUT2D eigenvalue weighted by atomic mass is 32.2. The van der Waals surface area contributed by atoms with Crippen LogP contribution in [-0.4, -0.2) is 55.8 Å². The van der Waals surface area contributed by atoms with Gasteiger partial charge >= 0.3 is 11.8 Å². The normalized spacial score (nSPS) is 19.0. The van der Waals surface area contributed by atoms with Crippen LogP contribution in [0.25, 0.3) is 0 Å². The fourth-order valence-corrected chi connectivity index (χ4v) is 4.50. The van der Waals surface area contributed by atoms with E-state index in [1.54, 1.807) is 19.1 Å². The predicted molar refractivity (Wildman–Crippen MR) is 87.6 cm³/mol. The zero-order valence-electron chi connectivity index (χ0n) is 13.5. The number of carbonyl (C=O) groups excluding carboxylic acids is 2. The Morgan fingerprint density at radius 1 is 1.29 bits per heavy atom.